The molecule has 3 rings (SSSR count). The van der Waals surface area contributed by atoms with Crippen molar-refractivity contribution >= 4 is 10.1 Å². The van der Waals surface area contributed by atoms with Crippen LogP contribution >= 0.6 is 0 Å². The molecule has 6 heteroatoms. The molecule has 1 heterocycles. The molecule has 0 spiro atoms. The normalized spacial score (nSPS) is 11.4. The first-order chi connectivity index (χ1) is 13.5. The van der Waals surface area contributed by atoms with E-state index in [1.165, 1.54) is 0 Å². The monoisotopic (exact) mass is 397 g/mol. The van der Waals surface area contributed by atoms with Crippen molar-refractivity contribution in [2.24, 2.45) is 0 Å². The van der Waals surface area contributed by atoms with Gasteiger partial charge in [-0.05, 0) is 36.6 Å². The summed E-state index contributed by atoms with van der Waals surface area (Å²) in [4.78, 5) is 4.39. The van der Waals surface area contributed by atoms with Crippen molar-refractivity contribution in [3.63, 3.8) is 0 Å². The Morgan fingerprint density at radius 2 is 1.79 bits per heavy atom. The number of ether oxygens (including phenoxy) is 1. The highest BCUT2D eigenvalue weighted by atomic mass is 32.2. The maximum atomic E-state index is 12.6. The van der Waals surface area contributed by atoms with E-state index in [4.69, 9.17) is 8.92 Å². The van der Waals surface area contributed by atoms with Crippen LogP contribution in [0.1, 0.15) is 24.5 Å². The molecule has 28 heavy (non-hydrogen) atoms. The first-order valence-electron chi connectivity index (χ1n) is 9.13. The van der Waals surface area contributed by atoms with E-state index in [-0.39, 0.29) is 11.5 Å². The predicted molar refractivity (Wildman–Crippen MR) is 109 cm³/mol. The van der Waals surface area contributed by atoms with Gasteiger partial charge in [-0.15, -0.1) is 0 Å². The second-order valence-corrected chi connectivity index (χ2v) is 8.02. The van der Waals surface area contributed by atoms with Gasteiger partial charge in [0.05, 0.1) is 6.61 Å². The fourth-order valence-corrected chi connectivity index (χ4v) is 3.93. The molecule has 0 unspecified atom stereocenters. The number of hydrogen-bond donors (Lipinski definition) is 0. The summed E-state index contributed by atoms with van der Waals surface area (Å²) in [7, 11) is -3.85. The van der Waals surface area contributed by atoms with E-state index in [9.17, 15) is 8.42 Å². The molecule has 0 aliphatic heterocycles. The van der Waals surface area contributed by atoms with E-state index in [0.717, 1.165) is 11.1 Å². The van der Waals surface area contributed by atoms with Crippen molar-refractivity contribution < 1.29 is 17.3 Å². The van der Waals surface area contributed by atoms with E-state index in [2.05, 4.69) is 4.98 Å². The van der Waals surface area contributed by atoms with Crippen molar-refractivity contribution in [3.05, 3.63) is 78.0 Å². The van der Waals surface area contributed by atoms with Crippen molar-refractivity contribution in [2.45, 2.75) is 31.8 Å². The first kappa shape index (κ1) is 20.0. The molecule has 0 aliphatic carbocycles. The Kier molecular flexibility index (Phi) is 6.44. The maximum Gasteiger partial charge on any atom is 0.297 e. The van der Waals surface area contributed by atoms with Crippen molar-refractivity contribution in [1.29, 1.82) is 0 Å². The highest BCUT2D eigenvalue weighted by Crippen LogP contribution is 2.31. The van der Waals surface area contributed by atoms with E-state index in [0.29, 0.717) is 30.0 Å². The molecule has 0 bridgehead atoms. The number of aryl methyl sites for hydroxylation is 1. The van der Waals surface area contributed by atoms with Gasteiger partial charge in [0.2, 0.25) is 5.88 Å². The van der Waals surface area contributed by atoms with Crippen LogP contribution in [0.3, 0.4) is 0 Å². The van der Waals surface area contributed by atoms with E-state index >= 15 is 0 Å². The Morgan fingerprint density at radius 3 is 2.54 bits per heavy atom. The van der Waals surface area contributed by atoms with Gasteiger partial charge < -0.3 is 4.74 Å². The number of pyridine rings is 1. The van der Waals surface area contributed by atoms with Crippen LogP contribution in [0.5, 0.6) is 5.88 Å². The van der Waals surface area contributed by atoms with Crippen molar-refractivity contribution in [1.82, 2.24) is 4.98 Å². The van der Waals surface area contributed by atoms with Gasteiger partial charge in [-0.2, -0.15) is 8.42 Å². The highest BCUT2D eigenvalue weighted by Gasteiger charge is 2.21. The summed E-state index contributed by atoms with van der Waals surface area (Å²) >= 11 is 0. The summed E-state index contributed by atoms with van der Waals surface area (Å²) in [5.41, 5.74) is 3.26. The second-order valence-electron chi connectivity index (χ2n) is 6.43. The highest BCUT2D eigenvalue weighted by molar-refractivity contribution is 7.87. The smallest absolute Gasteiger partial charge is 0.297 e. The molecule has 1 aromatic heterocycles. The zero-order valence-corrected chi connectivity index (χ0v) is 16.8. The summed E-state index contributed by atoms with van der Waals surface area (Å²) in [5.74, 6) is 0.431. The van der Waals surface area contributed by atoms with Crippen LogP contribution in [0, 0.1) is 6.92 Å². The van der Waals surface area contributed by atoms with Crippen molar-refractivity contribution in [2.75, 3.05) is 6.61 Å². The van der Waals surface area contributed by atoms with Crippen LogP contribution in [0.25, 0.3) is 11.1 Å². The average Bonchev–Trinajstić information content (AvgIpc) is 2.71. The molecule has 0 fully saturated rings. The summed E-state index contributed by atoms with van der Waals surface area (Å²) in [6.45, 7) is 4.32. The van der Waals surface area contributed by atoms with Crippen LogP contribution < -0.4 is 4.74 Å². The summed E-state index contributed by atoms with van der Waals surface area (Å²) in [6, 6.07) is 18.5. The third kappa shape index (κ3) is 4.97. The van der Waals surface area contributed by atoms with Gasteiger partial charge in [0.25, 0.3) is 10.1 Å². The molecule has 0 N–H and O–H groups in total. The van der Waals surface area contributed by atoms with Crippen LogP contribution in [0.4, 0.5) is 0 Å². The first-order valence-corrected chi connectivity index (χ1v) is 10.5. The molecule has 0 amide bonds. The topological polar surface area (TPSA) is 65.5 Å². The standard InChI is InChI=1S/C22H23NO4S/c1-3-13-27-28(24,25)21-10-9-17(2)14-20(21)19-11-12-23-22(15-19)26-16-18-7-5-4-6-8-18/h4-12,14-15H,3,13,16H2,1-2H3. The summed E-state index contributed by atoms with van der Waals surface area (Å²) in [5, 5.41) is 0. The minimum atomic E-state index is -3.85. The van der Waals surface area contributed by atoms with Crippen LogP contribution in [0.2, 0.25) is 0 Å². The zero-order valence-electron chi connectivity index (χ0n) is 16.0. The van der Waals surface area contributed by atoms with Crippen LogP contribution in [-0.2, 0) is 20.9 Å². The molecule has 0 saturated heterocycles. The van der Waals surface area contributed by atoms with Gasteiger partial charge in [-0.1, -0.05) is 55.0 Å². The van der Waals surface area contributed by atoms with Gasteiger partial charge in [-0.3, -0.25) is 4.18 Å². The fourth-order valence-electron chi connectivity index (χ4n) is 2.73. The summed E-state index contributed by atoms with van der Waals surface area (Å²) in [6.07, 6.45) is 2.23. The minimum absolute atomic E-state index is 0.145. The fraction of sp³-hybridized carbons (Fsp3) is 0.227. The molecule has 5 nitrogen and oxygen atoms in total. The third-order valence-electron chi connectivity index (χ3n) is 4.12. The van der Waals surface area contributed by atoms with Gasteiger partial charge in [0, 0.05) is 17.8 Å². The Balaban J connectivity index is 1.92. The van der Waals surface area contributed by atoms with Gasteiger partial charge >= 0.3 is 0 Å². The minimum Gasteiger partial charge on any atom is -0.473 e. The largest absolute Gasteiger partial charge is 0.473 e. The maximum absolute atomic E-state index is 12.6. The Labute approximate surface area is 166 Å². The van der Waals surface area contributed by atoms with E-state index in [1.54, 1.807) is 30.5 Å². The molecule has 0 radical (unpaired) electrons. The molecular formula is C22H23NO4S. The predicted octanol–water partition coefficient (Wildman–Crippen LogP) is 4.75. The van der Waals surface area contributed by atoms with Crippen LogP contribution in [0.15, 0.2) is 71.8 Å². The SMILES string of the molecule is CCCOS(=O)(=O)c1ccc(C)cc1-c1ccnc(OCc2ccccc2)c1. The molecule has 0 atom stereocenters. The number of rotatable bonds is 8. The second kappa shape index (κ2) is 8.99. The number of hydrogen-bond acceptors (Lipinski definition) is 5. The summed E-state index contributed by atoms with van der Waals surface area (Å²) < 4.78 is 36.2. The van der Waals surface area contributed by atoms with Crippen molar-refractivity contribution in [3.8, 4) is 17.0 Å². The van der Waals surface area contributed by atoms with Crippen LogP contribution in [-0.4, -0.2) is 20.0 Å². The molecule has 0 aliphatic rings. The molecule has 2 aromatic carbocycles. The van der Waals surface area contributed by atoms with E-state index < -0.39 is 10.1 Å². The number of aromatic nitrogens is 1. The van der Waals surface area contributed by atoms with Gasteiger partial charge in [0.15, 0.2) is 0 Å². The quantitative estimate of drug-likeness (QED) is 0.513. The lowest BCUT2D eigenvalue weighted by Gasteiger charge is -2.13. The Hall–Kier alpha value is -2.70. The Bertz CT molecular complexity index is 1030. The third-order valence-corrected chi connectivity index (χ3v) is 5.49. The van der Waals surface area contributed by atoms with Gasteiger partial charge in [-0.25, -0.2) is 4.98 Å². The van der Waals surface area contributed by atoms with Gasteiger partial charge in [0.1, 0.15) is 11.5 Å². The Morgan fingerprint density at radius 1 is 1.00 bits per heavy atom. The lowest BCUT2D eigenvalue weighted by Crippen LogP contribution is -2.09. The van der Waals surface area contributed by atoms with E-state index in [1.807, 2.05) is 50.2 Å². The lowest BCUT2D eigenvalue weighted by molar-refractivity contribution is 0.294. The average molecular weight is 397 g/mol. The number of benzene rings is 2. The molecular weight excluding hydrogens is 374 g/mol. The molecule has 0 saturated carbocycles. The number of nitrogens with zero attached hydrogens (tertiary/aromatic N) is 1. The zero-order chi connectivity index (χ0) is 20.0. The lowest BCUT2D eigenvalue weighted by atomic mass is 10.0. The molecule has 3 aromatic rings. The molecule has 146 valence electrons.